The molecule has 0 aliphatic carbocycles. The summed E-state index contributed by atoms with van der Waals surface area (Å²) in [5.41, 5.74) is 0.725. The maximum absolute atomic E-state index is 11.0. The predicted octanol–water partition coefficient (Wildman–Crippen LogP) is 3.09. The van der Waals surface area contributed by atoms with E-state index in [1.807, 2.05) is 12.1 Å². The van der Waals surface area contributed by atoms with Crippen molar-refractivity contribution in [3.8, 4) is 5.75 Å². The molecule has 2 rings (SSSR count). The van der Waals surface area contributed by atoms with E-state index in [9.17, 15) is 8.42 Å². The molecule has 2 aromatic rings. The molecule has 4 nitrogen and oxygen atoms in total. The monoisotopic (exact) mass is 313 g/mol. The fraction of sp³-hybridized carbons (Fsp3) is 0.357. The van der Waals surface area contributed by atoms with Crippen LogP contribution in [0, 0.1) is 0 Å². The number of pyridine rings is 1. The number of rotatable bonds is 6. The molecule has 0 bridgehead atoms. The number of halogens is 1. The number of aromatic nitrogens is 1. The average molecular weight is 314 g/mol. The van der Waals surface area contributed by atoms with Gasteiger partial charge in [-0.3, -0.25) is 4.98 Å². The number of sulfone groups is 1. The SMILES string of the molecule is CS(=O)(=O)CCCCOc1ccc(Cl)c2cccnc12. The zero-order chi connectivity index (χ0) is 14.6. The van der Waals surface area contributed by atoms with Gasteiger partial charge in [0.05, 0.1) is 17.4 Å². The first-order valence-corrected chi connectivity index (χ1v) is 8.75. The van der Waals surface area contributed by atoms with Crippen molar-refractivity contribution in [3.05, 3.63) is 35.5 Å². The molecule has 0 unspecified atom stereocenters. The zero-order valence-electron chi connectivity index (χ0n) is 11.2. The van der Waals surface area contributed by atoms with Crippen molar-refractivity contribution < 1.29 is 13.2 Å². The molecule has 0 aliphatic heterocycles. The van der Waals surface area contributed by atoms with E-state index in [2.05, 4.69) is 4.98 Å². The largest absolute Gasteiger partial charge is 0.491 e. The van der Waals surface area contributed by atoms with Gasteiger partial charge in [-0.2, -0.15) is 0 Å². The van der Waals surface area contributed by atoms with Crippen LogP contribution in [0.5, 0.6) is 5.75 Å². The second-order valence-electron chi connectivity index (χ2n) is 4.63. The topological polar surface area (TPSA) is 56.3 Å². The van der Waals surface area contributed by atoms with Crippen molar-refractivity contribution in [2.75, 3.05) is 18.6 Å². The number of unbranched alkanes of at least 4 members (excludes halogenated alkanes) is 1. The molecule has 0 saturated carbocycles. The van der Waals surface area contributed by atoms with Gasteiger partial charge in [0.15, 0.2) is 0 Å². The minimum Gasteiger partial charge on any atom is -0.491 e. The molecule has 0 N–H and O–H groups in total. The summed E-state index contributed by atoms with van der Waals surface area (Å²) in [5.74, 6) is 0.861. The van der Waals surface area contributed by atoms with Gasteiger partial charge in [-0.25, -0.2) is 8.42 Å². The fourth-order valence-electron chi connectivity index (χ4n) is 1.88. The van der Waals surface area contributed by atoms with Crippen LogP contribution in [0.3, 0.4) is 0 Å². The zero-order valence-corrected chi connectivity index (χ0v) is 12.7. The number of nitrogens with zero attached hydrogens (tertiary/aromatic N) is 1. The first-order chi connectivity index (χ1) is 9.47. The van der Waals surface area contributed by atoms with Crippen molar-refractivity contribution in [1.82, 2.24) is 4.98 Å². The first kappa shape index (κ1) is 15.1. The van der Waals surface area contributed by atoms with E-state index in [1.54, 1.807) is 18.3 Å². The van der Waals surface area contributed by atoms with Gasteiger partial charge in [0.2, 0.25) is 0 Å². The van der Waals surface area contributed by atoms with Gasteiger partial charge >= 0.3 is 0 Å². The lowest BCUT2D eigenvalue weighted by atomic mass is 10.2. The van der Waals surface area contributed by atoms with E-state index in [4.69, 9.17) is 16.3 Å². The van der Waals surface area contributed by atoms with Gasteiger partial charge in [-0.1, -0.05) is 11.6 Å². The van der Waals surface area contributed by atoms with Gasteiger partial charge < -0.3 is 4.74 Å². The van der Waals surface area contributed by atoms with E-state index < -0.39 is 9.84 Å². The van der Waals surface area contributed by atoms with Gasteiger partial charge in [0, 0.05) is 17.8 Å². The molecule has 1 aromatic carbocycles. The summed E-state index contributed by atoms with van der Waals surface area (Å²) in [4.78, 5) is 4.27. The van der Waals surface area contributed by atoms with Crippen molar-refractivity contribution >= 4 is 32.3 Å². The van der Waals surface area contributed by atoms with Crippen LogP contribution in [0.4, 0.5) is 0 Å². The second-order valence-corrected chi connectivity index (χ2v) is 7.30. The average Bonchev–Trinajstić information content (AvgIpc) is 2.40. The summed E-state index contributed by atoms with van der Waals surface area (Å²) in [6.07, 6.45) is 4.21. The molecule has 0 radical (unpaired) electrons. The van der Waals surface area contributed by atoms with Crippen LogP contribution in [0.25, 0.3) is 10.9 Å². The Kier molecular flexibility index (Phi) is 4.83. The van der Waals surface area contributed by atoms with E-state index in [1.165, 1.54) is 6.26 Å². The molecular formula is C14H16ClNO3S. The summed E-state index contributed by atoms with van der Waals surface area (Å²) >= 11 is 6.10. The molecule has 20 heavy (non-hydrogen) atoms. The van der Waals surface area contributed by atoms with Gasteiger partial charge in [-0.15, -0.1) is 0 Å². The number of fused-ring (bicyclic) bond motifs is 1. The lowest BCUT2D eigenvalue weighted by Gasteiger charge is -2.09. The molecule has 1 heterocycles. The van der Waals surface area contributed by atoms with Crippen molar-refractivity contribution in [1.29, 1.82) is 0 Å². The van der Waals surface area contributed by atoms with Crippen LogP contribution in [-0.2, 0) is 9.84 Å². The number of hydrogen-bond acceptors (Lipinski definition) is 4. The minimum absolute atomic E-state index is 0.190. The van der Waals surface area contributed by atoms with Crippen LogP contribution in [0.2, 0.25) is 5.02 Å². The molecule has 0 aliphatic rings. The molecule has 0 spiro atoms. The second kappa shape index (κ2) is 6.41. The highest BCUT2D eigenvalue weighted by molar-refractivity contribution is 7.90. The molecule has 108 valence electrons. The van der Waals surface area contributed by atoms with Crippen molar-refractivity contribution in [2.24, 2.45) is 0 Å². The van der Waals surface area contributed by atoms with Crippen molar-refractivity contribution in [2.45, 2.75) is 12.8 Å². The maximum Gasteiger partial charge on any atom is 0.147 e. The molecular weight excluding hydrogens is 298 g/mol. The normalized spacial score (nSPS) is 11.7. The van der Waals surface area contributed by atoms with Crippen LogP contribution in [0.1, 0.15) is 12.8 Å². The maximum atomic E-state index is 11.0. The third-order valence-corrected chi connectivity index (χ3v) is 4.21. The van der Waals surface area contributed by atoms with E-state index in [0.29, 0.717) is 30.2 Å². The number of ether oxygens (including phenoxy) is 1. The lowest BCUT2D eigenvalue weighted by Crippen LogP contribution is -2.05. The van der Waals surface area contributed by atoms with Crippen molar-refractivity contribution in [3.63, 3.8) is 0 Å². The first-order valence-electron chi connectivity index (χ1n) is 6.31. The Bertz CT molecular complexity index is 701. The van der Waals surface area contributed by atoms with E-state index in [0.717, 1.165) is 10.9 Å². The third-order valence-electron chi connectivity index (χ3n) is 2.85. The molecule has 0 amide bonds. The van der Waals surface area contributed by atoms with Gasteiger partial charge in [-0.05, 0) is 37.1 Å². The highest BCUT2D eigenvalue weighted by atomic mass is 35.5. The summed E-state index contributed by atoms with van der Waals surface area (Å²) in [6, 6.07) is 7.27. The molecule has 0 saturated heterocycles. The van der Waals surface area contributed by atoms with Crippen LogP contribution >= 0.6 is 11.6 Å². The summed E-state index contributed by atoms with van der Waals surface area (Å²) < 4.78 is 27.7. The minimum atomic E-state index is -2.89. The van der Waals surface area contributed by atoms with Gasteiger partial charge in [0.25, 0.3) is 0 Å². The van der Waals surface area contributed by atoms with Crippen LogP contribution < -0.4 is 4.74 Å². The molecule has 6 heteroatoms. The lowest BCUT2D eigenvalue weighted by molar-refractivity contribution is 0.312. The molecule has 0 fully saturated rings. The van der Waals surface area contributed by atoms with Gasteiger partial charge in [0.1, 0.15) is 21.1 Å². The molecule has 0 atom stereocenters. The Hall–Kier alpha value is -1.33. The van der Waals surface area contributed by atoms with E-state index >= 15 is 0 Å². The fourth-order valence-corrected chi connectivity index (χ4v) is 2.82. The van der Waals surface area contributed by atoms with Crippen LogP contribution in [0.15, 0.2) is 30.5 Å². The third kappa shape index (κ3) is 4.08. The summed E-state index contributed by atoms with van der Waals surface area (Å²) in [6.45, 7) is 0.461. The Morgan fingerprint density at radius 1 is 1.25 bits per heavy atom. The highest BCUT2D eigenvalue weighted by Crippen LogP contribution is 2.29. The highest BCUT2D eigenvalue weighted by Gasteiger charge is 2.07. The number of benzene rings is 1. The summed E-state index contributed by atoms with van der Waals surface area (Å²) in [7, 11) is -2.89. The Morgan fingerprint density at radius 2 is 2.05 bits per heavy atom. The quantitative estimate of drug-likeness (QED) is 0.769. The van der Waals surface area contributed by atoms with E-state index in [-0.39, 0.29) is 5.75 Å². The number of hydrogen-bond donors (Lipinski definition) is 0. The Balaban J connectivity index is 1.99. The summed E-state index contributed by atoms with van der Waals surface area (Å²) in [5, 5.41) is 1.49. The Labute approximate surface area is 123 Å². The van der Waals surface area contributed by atoms with Crippen LogP contribution in [-0.4, -0.2) is 32.0 Å². The predicted molar refractivity (Wildman–Crippen MR) is 81.2 cm³/mol. The smallest absolute Gasteiger partial charge is 0.147 e. The molecule has 1 aromatic heterocycles. The Morgan fingerprint density at radius 3 is 2.80 bits per heavy atom. The standard InChI is InChI=1S/C14H16ClNO3S/c1-20(17,18)10-3-2-9-19-13-7-6-12(15)11-5-4-8-16-14(11)13/h4-8H,2-3,9-10H2,1H3.